The number of urea groups is 1. The topological polar surface area (TPSA) is 93.6 Å². The summed E-state index contributed by atoms with van der Waals surface area (Å²) >= 11 is 0. The number of carbonyl (C=O) groups excluding carboxylic acids is 1. The van der Waals surface area contributed by atoms with E-state index in [4.69, 9.17) is 5.11 Å². The zero-order valence-electron chi connectivity index (χ0n) is 9.66. The molecule has 17 heavy (non-hydrogen) atoms. The Hall–Kier alpha value is -1.95. The van der Waals surface area contributed by atoms with Crippen LogP contribution in [0.5, 0.6) is 5.75 Å². The summed E-state index contributed by atoms with van der Waals surface area (Å²) in [5.41, 5.74) is 1.02. The first-order valence-electron chi connectivity index (χ1n) is 5.40. The minimum Gasteiger partial charge on any atom is -0.506 e. The van der Waals surface area contributed by atoms with Gasteiger partial charge in [0.05, 0.1) is 12.3 Å². The van der Waals surface area contributed by atoms with Gasteiger partial charge in [-0.3, -0.25) is 0 Å². The highest BCUT2D eigenvalue weighted by molar-refractivity contribution is 5.91. The molecular formula is C11H17N3O3. The van der Waals surface area contributed by atoms with Crippen molar-refractivity contribution in [2.75, 3.05) is 30.3 Å². The fourth-order valence-electron chi connectivity index (χ4n) is 1.27. The Kier molecular flexibility index (Phi) is 5.09. The zero-order valence-corrected chi connectivity index (χ0v) is 9.66. The van der Waals surface area contributed by atoms with Gasteiger partial charge in [-0.05, 0) is 19.1 Å². The predicted molar refractivity (Wildman–Crippen MR) is 66.4 cm³/mol. The molecule has 0 heterocycles. The van der Waals surface area contributed by atoms with Crippen molar-refractivity contribution in [1.82, 2.24) is 5.32 Å². The Labute approximate surface area is 99.7 Å². The van der Waals surface area contributed by atoms with E-state index in [9.17, 15) is 9.90 Å². The van der Waals surface area contributed by atoms with Crippen LogP contribution in [0.15, 0.2) is 18.2 Å². The Balaban J connectivity index is 2.65. The van der Waals surface area contributed by atoms with Crippen molar-refractivity contribution >= 4 is 17.4 Å². The third-order valence-corrected chi connectivity index (χ3v) is 2.02. The van der Waals surface area contributed by atoms with E-state index in [1.165, 1.54) is 6.07 Å². The molecule has 1 aromatic carbocycles. The number of hydrogen-bond acceptors (Lipinski definition) is 4. The minimum absolute atomic E-state index is 0.0136. The molecule has 0 atom stereocenters. The van der Waals surface area contributed by atoms with E-state index in [0.717, 1.165) is 0 Å². The number of aliphatic hydroxyl groups is 1. The molecule has 1 rings (SSSR count). The first-order chi connectivity index (χ1) is 8.17. The number of anilines is 2. The van der Waals surface area contributed by atoms with Gasteiger partial charge in [0, 0.05) is 24.8 Å². The molecule has 0 aromatic heterocycles. The standard InChI is InChI=1S/C11H17N3O3/c1-2-12-11(17)14-9-4-3-8(7-10(9)16)13-5-6-15/h3-4,7,13,15-16H,2,5-6H2,1H3,(H2,12,14,17). The molecule has 0 unspecified atom stereocenters. The molecule has 6 heteroatoms. The zero-order chi connectivity index (χ0) is 12.7. The minimum atomic E-state index is -0.362. The van der Waals surface area contributed by atoms with E-state index in [0.29, 0.717) is 24.5 Å². The van der Waals surface area contributed by atoms with Crippen LogP contribution in [0.3, 0.4) is 0 Å². The van der Waals surface area contributed by atoms with Crippen LogP contribution in [0, 0.1) is 0 Å². The first kappa shape index (κ1) is 13.1. The van der Waals surface area contributed by atoms with Gasteiger partial charge >= 0.3 is 6.03 Å². The van der Waals surface area contributed by atoms with Crippen LogP contribution in [0.1, 0.15) is 6.92 Å². The number of nitrogens with one attached hydrogen (secondary N) is 3. The predicted octanol–water partition coefficient (Wildman–Crippen LogP) is 0.938. The highest BCUT2D eigenvalue weighted by Gasteiger charge is 2.05. The van der Waals surface area contributed by atoms with Crippen LogP contribution in [0.25, 0.3) is 0 Å². The molecular weight excluding hydrogens is 222 g/mol. The third-order valence-electron chi connectivity index (χ3n) is 2.02. The number of aliphatic hydroxyl groups excluding tert-OH is 1. The lowest BCUT2D eigenvalue weighted by atomic mass is 10.2. The summed E-state index contributed by atoms with van der Waals surface area (Å²) in [7, 11) is 0. The summed E-state index contributed by atoms with van der Waals surface area (Å²) in [4.78, 5) is 11.2. The number of carbonyl (C=O) groups is 1. The number of benzene rings is 1. The van der Waals surface area contributed by atoms with Gasteiger partial charge in [-0.2, -0.15) is 0 Å². The summed E-state index contributed by atoms with van der Waals surface area (Å²) in [6, 6.07) is 4.41. The van der Waals surface area contributed by atoms with E-state index < -0.39 is 0 Å². The molecule has 6 nitrogen and oxygen atoms in total. The van der Waals surface area contributed by atoms with E-state index in [1.54, 1.807) is 19.1 Å². The maximum atomic E-state index is 11.2. The second-order valence-corrected chi connectivity index (χ2v) is 3.37. The number of aromatic hydroxyl groups is 1. The molecule has 0 fully saturated rings. The van der Waals surface area contributed by atoms with Crippen LogP contribution in [-0.2, 0) is 0 Å². The fraction of sp³-hybridized carbons (Fsp3) is 0.364. The maximum Gasteiger partial charge on any atom is 0.319 e. The fourth-order valence-corrected chi connectivity index (χ4v) is 1.27. The number of phenols is 1. The van der Waals surface area contributed by atoms with Crippen LogP contribution in [0.2, 0.25) is 0 Å². The van der Waals surface area contributed by atoms with Crippen molar-refractivity contribution in [3.05, 3.63) is 18.2 Å². The van der Waals surface area contributed by atoms with Crippen molar-refractivity contribution in [3.8, 4) is 5.75 Å². The number of amides is 2. The molecule has 0 saturated heterocycles. The quantitative estimate of drug-likeness (QED) is 0.494. The summed E-state index contributed by atoms with van der Waals surface area (Å²) in [5, 5.41) is 26.3. The molecule has 5 N–H and O–H groups in total. The van der Waals surface area contributed by atoms with Gasteiger partial charge in [0.2, 0.25) is 0 Å². The molecule has 94 valence electrons. The Bertz CT molecular complexity index is 382. The van der Waals surface area contributed by atoms with Gasteiger partial charge < -0.3 is 26.2 Å². The van der Waals surface area contributed by atoms with E-state index >= 15 is 0 Å². The second kappa shape index (κ2) is 6.59. The lowest BCUT2D eigenvalue weighted by Crippen LogP contribution is -2.28. The maximum absolute atomic E-state index is 11.2. The molecule has 0 spiro atoms. The molecule has 1 aromatic rings. The highest BCUT2D eigenvalue weighted by Crippen LogP contribution is 2.26. The highest BCUT2D eigenvalue weighted by atomic mass is 16.3. The van der Waals surface area contributed by atoms with E-state index in [2.05, 4.69) is 16.0 Å². The van der Waals surface area contributed by atoms with Crippen molar-refractivity contribution in [2.45, 2.75) is 6.92 Å². The summed E-state index contributed by atoms with van der Waals surface area (Å²) < 4.78 is 0. The molecule has 0 aliphatic rings. The number of phenolic OH excluding ortho intramolecular Hbond substituents is 1. The normalized spacial score (nSPS) is 9.76. The lowest BCUT2D eigenvalue weighted by Gasteiger charge is -2.10. The van der Waals surface area contributed by atoms with Crippen LogP contribution < -0.4 is 16.0 Å². The SMILES string of the molecule is CCNC(=O)Nc1ccc(NCCO)cc1O. The number of hydrogen-bond donors (Lipinski definition) is 5. The van der Waals surface area contributed by atoms with Crippen molar-refractivity contribution in [2.24, 2.45) is 0 Å². The molecule has 0 aliphatic carbocycles. The Morgan fingerprint density at radius 2 is 2.18 bits per heavy atom. The molecule has 0 bridgehead atoms. The van der Waals surface area contributed by atoms with E-state index in [1.807, 2.05) is 0 Å². The largest absolute Gasteiger partial charge is 0.506 e. The number of rotatable bonds is 5. The second-order valence-electron chi connectivity index (χ2n) is 3.37. The molecule has 0 radical (unpaired) electrons. The van der Waals surface area contributed by atoms with Crippen molar-refractivity contribution in [1.29, 1.82) is 0 Å². The molecule has 0 saturated carbocycles. The third kappa shape index (κ3) is 4.20. The lowest BCUT2D eigenvalue weighted by molar-refractivity contribution is 0.252. The van der Waals surface area contributed by atoms with Crippen molar-refractivity contribution < 1.29 is 15.0 Å². The summed E-state index contributed by atoms with van der Waals surface area (Å²) in [5.74, 6) is -0.0285. The molecule has 0 aliphatic heterocycles. The monoisotopic (exact) mass is 239 g/mol. The van der Waals surface area contributed by atoms with Gasteiger partial charge in [-0.25, -0.2) is 4.79 Å². The Morgan fingerprint density at radius 3 is 2.76 bits per heavy atom. The van der Waals surface area contributed by atoms with Gasteiger partial charge in [-0.1, -0.05) is 0 Å². The van der Waals surface area contributed by atoms with Crippen LogP contribution >= 0.6 is 0 Å². The average molecular weight is 239 g/mol. The van der Waals surface area contributed by atoms with Gasteiger partial charge in [0.15, 0.2) is 0 Å². The van der Waals surface area contributed by atoms with Gasteiger partial charge in [0.1, 0.15) is 5.75 Å². The molecule has 2 amide bonds. The summed E-state index contributed by atoms with van der Waals surface area (Å²) in [6.07, 6.45) is 0. The van der Waals surface area contributed by atoms with Gasteiger partial charge in [0.25, 0.3) is 0 Å². The van der Waals surface area contributed by atoms with E-state index in [-0.39, 0.29) is 18.4 Å². The first-order valence-corrected chi connectivity index (χ1v) is 5.40. The van der Waals surface area contributed by atoms with Crippen molar-refractivity contribution in [3.63, 3.8) is 0 Å². The smallest absolute Gasteiger partial charge is 0.319 e. The Morgan fingerprint density at radius 1 is 1.41 bits per heavy atom. The van der Waals surface area contributed by atoms with Crippen LogP contribution in [-0.4, -0.2) is 35.9 Å². The van der Waals surface area contributed by atoms with Gasteiger partial charge in [-0.15, -0.1) is 0 Å². The summed E-state index contributed by atoms with van der Waals surface area (Å²) in [6.45, 7) is 2.74. The average Bonchev–Trinajstić information content (AvgIpc) is 2.30. The van der Waals surface area contributed by atoms with Crippen LogP contribution in [0.4, 0.5) is 16.2 Å².